The van der Waals surface area contributed by atoms with E-state index in [1.807, 2.05) is 6.92 Å². The molecule has 0 spiro atoms. The zero-order valence-corrected chi connectivity index (χ0v) is 9.82. The molecule has 1 atom stereocenters. The fourth-order valence-electron chi connectivity index (χ4n) is 1.49. The molecule has 0 aromatic carbocycles. The van der Waals surface area contributed by atoms with Gasteiger partial charge in [-0.2, -0.15) is 0 Å². The first kappa shape index (κ1) is 12.7. The largest absolute Gasteiger partial charge is 0.384 e. The second kappa shape index (κ2) is 7.00. The van der Waals surface area contributed by atoms with Gasteiger partial charge in [0.25, 0.3) is 0 Å². The van der Waals surface area contributed by atoms with Crippen molar-refractivity contribution in [3.8, 4) is 0 Å². The summed E-state index contributed by atoms with van der Waals surface area (Å²) in [6.45, 7) is 3.26. The SMILES string of the molecule is COCC(C)CC(=O)NCCc1cnc[nH]1. The number of aromatic amines is 1. The number of nitrogens with zero attached hydrogens (tertiary/aromatic N) is 1. The third kappa shape index (κ3) is 4.93. The van der Waals surface area contributed by atoms with Gasteiger partial charge >= 0.3 is 0 Å². The number of H-pyrrole nitrogens is 1. The Hall–Kier alpha value is -1.36. The third-order valence-corrected chi connectivity index (χ3v) is 2.26. The summed E-state index contributed by atoms with van der Waals surface area (Å²) in [5, 5.41) is 2.87. The first-order valence-corrected chi connectivity index (χ1v) is 5.45. The lowest BCUT2D eigenvalue weighted by molar-refractivity contribution is -0.122. The fourth-order valence-corrected chi connectivity index (χ4v) is 1.49. The second-order valence-electron chi connectivity index (χ2n) is 3.94. The summed E-state index contributed by atoms with van der Waals surface area (Å²) in [5.41, 5.74) is 1.03. The van der Waals surface area contributed by atoms with Gasteiger partial charge < -0.3 is 15.0 Å². The minimum Gasteiger partial charge on any atom is -0.384 e. The second-order valence-corrected chi connectivity index (χ2v) is 3.94. The Morgan fingerprint density at radius 3 is 3.12 bits per heavy atom. The maximum atomic E-state index is 11.5. The van der Waals surface area contributed by atoms with Gasteiger partial charge in [0.1, 0.15) is 0 Å². The highest BCUT2D eigenvalue weighted by molar-refractivity contribution is 5.76. The van der Waals surface area contributed by atoms with E-state index in [2.05, 4.69) is 15.3 Å². The Morgan fingerprint density at radius 2 is 2.50 bits per heavy atom. The van der Waals surface area contributed by atoms with Crippen LogP contribution in [0, 0.1) is 5.92 Å². The van der Waals surface area contributed by atoms with E-state index in [-0.39, 0.29) is 11.8 Å². The predicted octanol–water partition coefficient (Wildman–Crippen LogP) is 0.741. The van der Waals surface area contributed by atoms with Gasteiger partial charge in [0, 0.05) is 45.0 Å². The molecule has 0 bridgehead atoms. The molecule has 0 aliphatic rings. The van der Waals surface area contributed by atoms with Gasteiger partial charge in [0.05, 0.1) is 6.33 Å². The standard InChI is InChI=1S/C11H19N3O2/c1-9(7-16-2)5-11(15)13-4-3-10-6-12-8-14-10/h6,8-9H,3-5,7H2,1-2H3,(H,12,14)(H,13,15). The van der Waals surface area contributed by atoms with E-state index in [9.17, 15) is 4.79 Å². The molecule has 0 radical (unpaired) electrons. The van der Waals surface area contributed by atoms with Gasteiger partial charge in [0.2, 0.25) is 5.91 Å². The smallest absolute Gasteiger partial charge is 0.220 e. The zero-order valence-electron chi connectivity index (χ0n) is 9.82. The van der Waals surface area contributed by atoms with Crippen molar-refractivity contribution in [1.82, 2.24) is 15.3 Å². The molecule has 16 heavy (non-hydrogen) atoms. The van der Waals surface area contributed by atoms with E-state index >= 15 is 0 Å². The topological polar surface area (TPSA) is 67.0 Å². The fraction of sp³-hybridized carbons (Fsp3) is 0.636. The van der Waals surface area contributed by atoms with Crippen molar-refractivity contribution in [2.45, 2.75) is 19.8 Å². The Morgan fingerprint density at radius 1 is 1.69 bits per heavy atom. The molecule has 1 amide bonds. The Bertz CT molecular complexity index is 298. The normalized spacial score (nSPS) is 12.4. The Balaban J connectivity index is 2.10. The number of methoxy groups -OCH3 is 1. The van der Waals surface area contributed by atoms with Crippen molar-refractivity contribution >= 4 is 5.91 Å². The van der Waals surface area contributed by atoms with Crippen LogP contribution in [0.4, 0.5) is 0 Å². The van der Waals surface area contributed by atoms with Crippen LogP contribution < -0.4 is 5.32 Å². The molecule has 1 aromatic rings. The number of rotatable bonds is 7. The van der Waals surface area contributed by atoms with Crippen LogP contribution in [0.1, 0.15) is 19.0 Å². The van der Waals surface area contributed by atoms with Crippen LogP contribution in [-0.2, 0) is 16.0 Å². The minimum atomic E-state index is 0.0732. The van der Waals surface area contributed by atoms with Crippen molar-refractivity contribution in [2.75, 3.05) is 20.3 Å². The number of carbonyl (C=O) groups excluding carboxylic acids is 1. The molecule has 0 aliphatic carbocycles. The van der Waals surface area contributed by atoms with Gasteiger partial charge in [-0.25, -0.2) is 4.98 Å². The molecular formula is C11H19N3O2. The molecule has 1 unspecified atom stereocenters. The summed E-state index contributed by atoms with van der Waals surface area (Å²) in [4.78, 5) is 18.4. The van der Waals surface area contributed by atoms with Gasteiger partial charge in [0.15, 0.2) is 0 Å². The average Bonchev–Trinajstić information content (AvgIpc) is 2.70. The van der Waals surface area contributed by atoms with E-state index < -0.39 is 0 Å². The number of ether oxygens (including phenoxy) is 1. The van der Waals surface area contributed by atoms with E-state index in [0.29, 0.717) is 19.6 Å². The number of nitrogens with one attached hydrogen (secondary N) is 2. The average molecular weight is 225 g/mol. The van der Waals surface area contributed by atoms with Crippen molar-refractivity contribution in [1.29, 1.82) is 0 Å². The number of carbonyl (C=O) groups is 1. The van der Waals surface area contributed by atoms with Gasteiger partial charge in [-0.15, -0.1) is 0 Å². The lowest BCUT2D eigenvalue weighted by atomic mass is 10.1. The first-order chi connectivity index (χ1) is 7.72. The number of imidazole rings is 1. The zero-order chi connectivity index (χ0) is 11.8. The highest BCUT2D eigenvalue weighted by Gasteiger charge is 2.08. The van der Waals surface area contributed by atoms with Crippen LogP contribution in [0.25, 0.3) is 0 Å². The molecule has 0 aliphatic heterocycles. The number of hydrogen-bond donors (Lipinski definition) is 2. The molecule has 5 heteroatoms. The van der Waals surface area contributed by atoms with Crippen LogP contribution in [0.3, 0.4) is 0 Å². The van der Waals surface area contributed by atoms with E-state index in [4.69, 9.17) is 4.74 Å². The predicted molar refractivity (Wildman–Crippen MR) is 61.0 cm³/mol. The van der Waals surface area contributed by atoms with Gasteiger partial charge in [-0.1, -0.05) is 6.92 Å². The molecule has 1 rings (SSSR count). The minimum absolute atomic E-state index is 0.0732. The molecular weight excluding hydrogens is 206 g/mol. The van der Waals surface area contributed by atoms with Crippen LogP contribution in [0.5, 0.6) is 0 Å². The quantitative estimate of drug-likeness (QED) is 0.719. The Labute approximate surface area is 95.6 Å². The van der Waals surface area contributed by atoms with Crippen LogP contribution in [0.15, 0.2) is 12.5 Å². The van der Waals surface area contributed by atoms with Gasteiger partial charge in [-0.05, 0) is 5.92 Å². The van der Waals surface area contributed by atoms with Crippen molar-refractivity contribution in [3.05, 3.63) is 18.2 Å². The maximum Gasteiger partial charge on any atom is 0.220 e. The summed E-state index contributed by atoms with van der Waals surface area (Å²) in [6, 6.07) is 0. The molecule has 90 valence electrons. The maximum absolute atomic E-state index is 11.5. The molecule has 0 fully saturated rings. The molecule has 0 saturated heterocycles. The summed E-state index contributed by atoms with van der Waals surface area (Å²) in [5.74, 6) is 0.334. The van der Waals surface area contributed by atoms with Crippen LogP contribution >= 0.6 is 0 Å². The summed E-state index contributed by atoms with van der Waals surface area (Å²) >= 11 is 0. The molecule has 1 heterocycles. The molecule has 1 aromatic heterocycles. The van der Waals surface area contributed by atoms with Crippen molar-refractivity contribution in [2.24, 2.45) is 5.92 Å². The lowest BCUT2D eigenvalue weighted by Gasteiger charge is -2.09. The van der Waals surface area contributed by atoms with Gasteiger partial charge in [-0.3, -0.25) is 4.79 Å². The number of aromatic nitrogens is 2. The summed E-state index contributed by atoms with van der Waals surface area (Å²) in [6.07, 6.45) is 4.69. The molecule has 5 nitrogen and oxygen atoms in total. The van der Waals surface area contributed by atoms with Crippen molar-refractivity contribution < 1.29 is 9.53 Å². The van der Waals surface area contributed by atoms with Crippen molar-refractivity contribution in [3.63, 3.8) is 0 Å². The monoisotopic (exact) mass is 225 g/mol. The first-order valence-electron chi connectivity index (χ1n) is 5.45. The summed E-state index contributed by atoms with van der Waals surface area (Å²) in [7, 11) is 1.65. The van der Waals surface area contributed by atoms with E-state index in [0.717, 1.165) is 12.1 Å². The summed E-state index contributed by atoms with van der Waals surface area (Å²) < 4.78 is 4.97. The van der Waals surface area contributed by atoms with Crippen LogP contribution in [-0.4, -0.2) is 36.1 Å². The Kier molecular flexibility index (Phi) is 5.56. The highest BCUT2D eigenvalue weighted by Crippen LogP contribution is 2.01. The van der Waals surface area contributed by atoms with Crippen LogP contribution in [0.2, 0.25) is 0 Å². The van der Waals surface area contributed by atoms with E-state index in [1.165, 1.54) is 0 Å². The highest BCUT2D eigenvalue weighted by atomic mass is 16.5. The number of amides is 1. The third-order valence-electron chi connectivity index (χ3n) is 2.26. The molecule has 2 N–H and O–H groups in total. The number of hydrogen-bond acceptors (Lipinski definition) is 3. The van der Waals surface area contributed by atoms with E-state index in [1.54, 1.807) is 19.6 Å². The molecule has 0 saturated carbocycles. The lowest BCUT2D eigenvalue weighted by Crippen LogP contribution is -2.28.